The molecule has 1 amide bonds. The van der Waals surface area contributed by atoms with E-state index < -0.39 is 0 Å². The maximum atomic E-state index is 13.6. The lowest BCUT2D eigenvalue weighted by Gasteiger charge is -2.19. The molecule has 6 rings (SSSR count). The molecule has 3 heterocycles. The Balaban J connectivity index is 1.35. The van der Waals surface area contributed by atoms with Crippen molar-refractivity contribution in [1.29, 1.82) is 0 Å². The first-order valence-corrected chi connectivity index (χ1v) is 12.4. The summed E-state index contributed by atoms with van der Waals surface area (Å²) in [6.07, 6.45) is 1.03. The van der Waals surface area contributed by atoms with Crippen LogP contribution in [0, 0.1) is 5.92 Å². The predicted octanol–water partition coefficient (Wildman–Crippen LogP) is 3.85. The number of amides is 1. The largest absolute Gasteiger partial charge is 0.396 e. The molecule has 0 aliphatic carbocycles. The van der Waals surface area contributed by atoms with Gasteiger partial charge in [0.05, 0.1) is 5.52 Å². The van der Waals surface area contributed by atoms with Crippen molar-refractivity contribution in [3.05, 3.63) is 89.1 Å². The van der Waals surface area contributed by atoms with Gasteiger partial charge in [0.2, 0.25) is 5.95 Å². The van der Waals surface area contributed by atoms with Crippen LogP contribution in [0.5, 0.6) is 0 Å². The maximum absolute atomic E-state index is 13.6. The number of hydrogen-bond acceptors (Lipinski definition) is 6. The third-order valence-corrected chi connectivity index (χ3v) is 7.39. The van der Waals surface area contributed by atoms with Crippen molar-refractivity contribution in [1.82, 2.24) is 19.8 Å². The van der Waals surface area contributed by atoms with Crippen molar-refractivity contribution in [2.24, 2.45) is 5.92 Å². The molecule has 2 aliphatic rings. The molecular weight excluding hydrogens is 450 g/mol. The number of likely N-dealkylation sites (tertiary alicyclic amines) is 1. The van der Waals surface area contributed by atoms with Crippen molar-refractivity contribution in [2.45, 2.75) is 26.1 Å². The van der Waals surface area contributed by atoms with E-state index in [1.165, 1.54) is 5.56 Å². The number of hydrogen-bond donors (Lipinski definition) is 2. The molecule has 0 bridgehead atoms. The molecule has 1 unspecified atom stereocenters. The molecule has 182 valence electrons. The molecule has 7 heteroatoms. The van der Waals surface area contributed by atoms with Gasteiger partial charge in [0.25, 0.3) is 5.91 Å². The number of benzene rings is 3. The lowest BCUT2D eigenvalue weighted by atomic mass is 9.97. The van der Waals surface area contributed by atoms with E-state index in [2.05, 4.69) is 45.2 Å². The Morgan fingerprint density at radius 3 is 2.50 bits per heavy atom. The van der Waals surface area contributed by atoms with E-state index in [1.54, 1.807) is 0 Å². The fourth-order valence-corrected chi connectivity index (χ4v) is 5.49. The second kappa shape index (κ2) is 9.33. The van der Waals surface area contributed by atoms with Gasteiger partial charge in [-0.1, -0.05) is 54.6 Å². The molecule has 0 spiro atoms. The lowest BCUT2D eigenvalue weighted by molar-refractivity contribution is 0.0747. The molecule has 1 fully saturated rings. The number of rotatable bonds is 5. The van der Waals surface area contributed by atoms with Gasteiger partial charge >= 0.3 is 0 Å². The monoisotopic (exact) mass is 479 g/mol. The molecule has 3 N–H and O–H groups in total. The van der Waals surface area contributed by atoms with Gasteiger partial charge in [-0.05, 0) is 58.8 Å². The van der Waals surface area contributed by atoms with Crippen LogP contribution in [0.3, 0.4) is 0 Å². The Morgan fingerprint density at radius 1 is 1.00 bits per heavy atom. The predicted molar refractivity (Wildman–Crippen MR) is 140 cm³/mol. The number of carbonyl (C=O) groups is 1. The van der Waals surface area contributed by atoms with E-state index in [4.69, 9.17) is 5.73 Å². The summed E-state index contributed by atoms with van der Waals surface area (Å²) in [7, 11) is 0. The van der Waals surface area contributed by atoms with Crippen LogP contribution in [0.4, 0.5) is 5.95 Å². The standard InChI is InChI=1S/C29H29N5O2/c30-29-31-26-10-9-20(24-8-4-3-7-23(24)15-33-12-11-19(14-33)18-35)13-25(26)27(32-29)28(36)34-16-21-5-1-2-6-22(21)17-34/h1-10,13,19,35H,11-12,14-18H2,(H2,30,31,32). The van der Waals surface area contributed by atoms with Gasteiger partial charge in [0, 0.05) is 38.2 Å². The highest BCUT2D eigenvalue weighted by atomic mass is 16.3. The van der Waals surface area contributed by atoms with Crippen LogP contribution in [0.1, 0.15) is 33.6 Å². The molecule has 0 radical (unpaired) electrons. The zero-order chi connectivity index (χ0) is 24.6. The quantitative estimate of drug-likeness (QED) is 0.452. The summed E-state index contributed by atoms with van der Waals surface area (Å²) < 4.78 is 0. The van der Waals surface area contributed by atoms with Crippen LogP contribution in [-0.2, 0) is 19.6 Å². The number of fused-ring (bicyclic) bond motifs is 2. The van der Waals surface area contributed by atoms with Crippen LogP contribution < -0.4 is 5.73 Å². The third kappa shape index (κ3) is 4.21. The molecule has 1 atom stereocenters. The summed E-state index contributed by atoms with van der Waals surface area (Å²) in [4.78, 5) is 26.7. The molecule has 7 nitrogen and oxygen atoms in total. The molecular formula is C29H29N5O2. The Morgan fingerprint density at radius 2 is 1.75 bits per heavy atom. The van der Waals surface area contributed by atoms with Crippen molar-refractivity contribution in [3.8, 4) is 11.1 Å². The van der Waals surface area contributed by atoms with Gasteiger partial charge in [-0.3, -0.25) is 9.69 Å². The highest BCUT2D eigenvalue weighted by molar-refractivity contribution is 6.06. The minimum Gasteiger partial charge on any atom is -0.396 e. The molecule has 0 saturated carbocycles. The van der Waals surface area contributed by atoms with E-state index in [0.29, 0.717) is 35.6 Å². The fourth-order valence-electron chi connectivity index (χ4n) is 5.49. The van der Waals surface area contributed by atoms with E-state index in [0.717, 1.165) is 48.3 Å². The highest BCUT2D eigenvalue weighted by Crippen LogP contribution is 2.31. The second-order valence-electron chi connectivity index (χ2n) is 9.82. The fraction of sp³-hybridized carbons (Fsp3) is 0.276. The maximum Gasteiger partial charge on any atom is 0.273 e. The molecule has 2 aliphatic heterocycles. The number of aliphatic hydroxyl groups is 1. The highest BCUT2D eigenvalue weighted by Gasteiger charge is 2.27. The van der Waals surface area contributed by atoms with Crippen molar-refractivity contribution in [3.63, 3.8) is 0 Å². The first-order chi connectivity index (χ1) is 17.6. The first kappa shape index (κ1) is 22.6. The van der Waals surface area contributed by atoms with Gasteiger partial charge < -0.3 is 15.7 Å². The zero-order valence-electron chi connectivity index (χ0n) is 20.1. The molecule has 3 aromatic carbocycles. The van der Waals surface area contributed by atoms with Crippen LogP contribution in [0.15, 0.2) is 66.7 Å². The summed E-state index contributed by atoms with van der Waals surface area (Å²) >= 11 is 0. The number of aliphatic hydroxyl groups excluding tert-OH is 1. The third-order valence-electron chi connectivity index (χ3n) is 7.39. The minimum atomic E-state index is -0.136. The van der Waals surface area contributed by atoms with Crippen LogP contribution >= 0.6 is 0 Å². The number of nitrogens with two attached hydrogens (primary N) is 1. The Hall–Kier alpha value is -3.81. The SMILES string of the molecule is Nc1nc(C(=O)N2Cc3ccccc3C2)c2cc(-c3ccccc3CN3CCC(CO)C3)ccc2n1. The molecule has 1 aromatic heterocycles. The summed E-state index contributed by atoms with van der Waals surface area (Å²) in [5.41, 5.74) is 12.7. The van der Waals surface area contributed by atoms with Crippen LogP contribution in [0.2, 0.25) is 0 Å². The summed E-state index contributed by atoms with van der Waals surface area (Å²) in [5.74, 6) is 0.316. The number of carbonyl (C=O) groups excluding carboxylic acids is 1. The summed E-state index contributed by atoms with van der Waals surface area (Å²) in [5, 5.41) is 10.2. The van der Waals surface area contributed by atoms with Gasteiger partial charge in [-0.2, -0.15) is 0 Å². The smallest absolute Gasteiger partial charge is 0.273 e. The number of aromatic nitrogens is 2. The van der Waals surface area contributed by atoms with Crippen molar-refractivity contribution >= 4 is 22.8 Å². The average molecular weight is 480 g/mol. The Labute approximate surface area is 210 Å². The first-order valence-electron chi connectivity index (χ1n) is 12.4. The average Bonchev–Trinajstić information content (AvgIpc) is 3.55. The summed E-state index contributed by atoms with van der Waals surface area (Å²) in [6, 6.07) is 22.5. The minimum absolute atomic E-state index is 0.100. The normalized spacial score (nSPS) is 17.6. The summed E-state index contributed by atoms with van der Waals surface area (Å²) in [6.45, 7) is 4.08. The second-order valence-corrected chi connectivity index (χ2v) is 9.82. The van der Waals surface area contributed by atoms with Gasteiger partial charge in [0.15, 0.2) is 0 Å². The zero-order valence-corrected chi connectivity index (χ0v) is 20.1. The van der Waals surface area contributed by atoms with E-state index in [1.807, 2.05) is 41.3 Å². The molecule has 36 heavy (non-hydrogen) atoms. The molecule has 4 aromatic rings. The number of anilines is 1. The van der Waals surface area contributed by atoms with Gasteiger partial charge in [-0.15, -0.1) is 0 Å². The number of nitrogen functional groups attached to an aromatic ring is 1. The van der Waals surface area contributed by atoms with Crippen molar-refractivity contribution in [2.75, 3.05) is 25.4 Å². The topological polar surface area (TPSA) is 95.6 Å². The van der Waals surface area contributed by atoms with Crippen LogP contribution in [-0.4, -0.2) is 50.5 Å². The van der Waals surface area contributed by atoms with Gasteiger partial charge in [0.1, 0.15) is 5.69 Å². The lowest BCUT2D eigenvalue weighted by Crippen LogP contribution is -2.27. The Kier molecular flexibility index (Phi) is 5.87. The van der Waals surface area contributed by atoms with Crippen LogP contribution in [0.25, 0.3) is 22.0 Å². The van der Waals surface area contributed by atoms with Crippen molar-refractivity contribution < 1.29 is 9.90 Å². The van der Waals surface area contributed by atoms with E-state index >= 15 is 0 Å². The van der Waals surface area contributed by atoms with Gasteiger partial charge in [-0.25, -0.2) is 9.97 Å². The van der Waals surface area contributed by atoms with E-state index in [-0.39, 0.29) is 18.5 Å². The number of nitrogens with zero attached hydrogens (tertiary/aromatic N) is 4. The Bertz CT molecular complexity index is 1430. The molecule has 1 saturated heterocycles. The van der Waals surface area contributed by atoms with E-state index in [9.17, 15) is 9.90 Å².